The lowest BCUT2D eigenvalue weighted by Crippen LogP contribution is -1.32. The summed E-state index contributed by atoms with van der Waals surface area (Å²) in [6.45, 7) is 0. The Kier molecular flexibility index (Phi) is 1.74. The van der Waals surface area contributed by atoms with E-state index >= 15 is 0 Å². The second-order valence-corrected chi connectivity index (χ2v) is 4.36. The van der Waals surface area contributed by atoms with Gasteiger partial charge in [-0.05, 0) is 12.1 Å². The Morgan fingerprint density at radius 2 is 1.57 bits per heavy atom. The zero-order valence-corrected chi connectivity index (χ0v) is 6.34. The molecule has 0 nitrogen and oxygen atoms in total. The zero-order valence-electron chi connectivity index (χ0n) is 3.55. The summed E-state index contributed by atoms with van der Waals surface area (Å²) in [4.78, 5) is 0. The maximum absolute atomic E-state index is 4.12. The van der Waals surface area contributed by atoms with Crippen LogP contribution in [-0.4, -0.2) is 0 Å². The van der Waals surface area contributed by atoms with Crippen molar-refractivity contribution in [3.05, 3.63) is 12.1 Å². The summed E-state index contributed by atoms with van der Waals surface area (Å²) < 4.78 is 2.26. The van der Waals surface area contributed by atoms with E-state index in [1.807, 2.05) is 12.1 Å². The summed E-state index contributed by atoms with van der Waals surface area (Å²) in [6.07, 6.45) is 0. The van der Waals surface area contributed by atoms with E-state index in [9.17, 15) is 0 Å². The highest BCUT2D eigenvalue weighted by molar-refractivity contribution is 7.87. The largest absolute Gasteiger partial charge is 0.139 e. The van der Waals surface area contributed by atoms with E-state index in [1.165, 1.54) is 0 Å². The van der Waals surface area contributed by atoms with Crippen LogP contribution in [0.3, 0.4) is 0 Å². The lowest BCUT2D eigenvalue weighted by atomic mass is 10.7. The first-order chi connectivity index (χ1) is 3.29. The van der Waals surface area contributed by atoms with Gasteiger partial charge in [-0.15, -0.1) is 33.5 Å². The predicted molar refractivity (Wildman–Crippen MR) is 40.4 cm³/mol. The molecule has 0 saturated heterocycles. The maximum atomic E-state index is 4.12. The van der Waals surface area contributed by atoms with Gasteiger partial charge in [0, 0.05) is 9.25 Å². The first-order valence-corrected chi connectivity index (χ1v) is 3.75. The third kappa shape index (κ3) is 1.45. The Balaban J connectivity index is 3.04. The summed E-state index contributed by atoms with van der Waals surface area (Å²) in [5, 5.41) is 0. The molecule has 7 heavy (non-hydrogen) atoms. The molecule has 1 heterocycles. The van der Waals surface area contributed by atoms with Crippen LogP contribution in [0.1, 0.15) is 0 Å². The normalized spacial score (nSPS) is 9.43. The van der Waals surface area contributed by atoms with E-state index in [0.29, 0.717) is 8.19 Å². The van der Waals surface area contributed by atoms with Gasteiger partial charge in [-0.3, -0.25) is 0 Å². The molecule has 0 bridgehead atoms. The summed E-state index contributed by atoms with van der Waals surface area (Å²) >= 11 is 8.25. The number of thiol groups is 2. The van der Waals surface area contributed by atoms with Crippen LogP contribution in [0.2, 0.25) is 0 Å². The molecule has 1 aromatic heterocycles. The fraction of sp³-hybridized carbons (Fsp3) is 0. The summed E-state index contributed by atoms with van der Waals surface area (Å²) in [7, 11) is 0.707. The van der Waals surface area contributed by atoms with Crippen molar-refractivity contribution < 1.29 is 0 Å². The molecule has 1 rings (SSSR count). The van der Waals surface area contributed by atoms with Gasteiger partial charge in [0.25, 0.3) is 0 Å². The number of hydrogen-bond donors (Lipinski definition) is 2. The van der Waals surface area contributed by atoms with E-state index in [1.54, 1.807) is 0 Å². The quantitative estimate of drug-likeness (QED) is 0.518. The van der Waals surface area contributed by atoms with Crippen molar-refractivity contribution in [2.45, 2.75) is 9.25 Å². The highest BCUT2D eigenvalue weighted by Gasteiger charge is 1.84. The summed E-state index contributed by atoms with van der Waals surface area (Å²) in [5.74, 6) is 0. The number of hydrogen-bond acceptors (Lipinski definition) is 2. The second kappa shape index (κ2) is 2.17. The highest BCUT2D eigenvalue weighted by Crippen LogP contribution is 2.27. The molecule has 0 N–H and O–H groups in total. The molecule has 1 aromatic rings. The molecule has 0 aromatic carbocycles. The van der Waals surface area contributed by atoms with Crippen molar-refractivity contribution in [3.8, 4) is 0 Å². The van der Waals surface area contributed by atoms with Crippen molar-refractivity contribution in [2.24, 2.45) is 0 Å². The lowest BCUT2D eigenvalue weighted by molar-refractivity contribution is 1.70. The van der Waals surface area contributed by atoms with Gasteiger partial charge in [0.2, 0.25) is 0 Å². The predicted octanol–water partition coefficient (Wildman–Crippen LogP) is 2.30. The molecule has 0 atom stereocenters. The fourth-order valence-electron chi connectivity index (χ4n) is 0.372. The standard InChI is InChI=1S/C4H5PS2/c6-3-1-2-4(7)5-3/h1-2,5-7H. The molecule has 0 radical (unpaired) electrons. The molecule has 38 valence electrons. The maximum Gasteiger partial charge on any atom is 0.0215 e. The Labute approximate surface area is 55.2 Å². The van der Waals surface area contributed by atoms with Gasteiger partial charge in [-0.1, -0.05) is 0 Å². The van der Waals surface area contributed by atoms with Crippen LogP contribution in [0.4, 0.5) is 0 Å². The van der Waals surface area contributed by atoms with Gasteiger partial charge in [-0.25, -0.2) is 0 Å². The Hall–Kier alpha value is 0.480. The Bertz CT molecular complexity index is 142. The summed E-state index contributed by atoms with van der Waals surface area (Å²) in [5.41, 5.74) is 0. The molecule has 0 amide bonds. The molecule has 0 saturated carbocycles. The van der Waals surface area contributed by atoms with Gasteiger partial charge in [-0.2, -0.15) is 0 Å². The van der Waals surface area contributed by atoms with E-state index in [0.717, 1.165) is 9.25 Å². The van der Waals surface area contributed by atoms with Crippen molar-refractivity contribution in [2.75, 3.05) is 0 Å². The van der Waals surface area contributed by atoms with Gasteiger partial charge in [0.1, 0.15) is 0 Å². The average Bonchev–Trinajstić information content (AvgIpc) is 1.87. The van der Waals surface area contributed by atoms with Gasteiger partial charge in [0.15, 0.2) is 0 Å². The molecule has 0 aliphatic rings. The molecular formula is C4H5PS2. The summed E-state index contributed by atoms with van der Waals surface area (Å²) in [6, 6.07) is 3.95. The topological polar surface area (TPSA) is 0 Å². The van der Waals surface area contributed by atoms with Crippen LogP contribution in [0.25, 0.3) is 0 Å². The lowest BCUT2D eigenvalue weighted by Gasteiger charge is -1.71. The molecular weight excluding hydrogens is 143 g/mol. The SMILES string of the molecule is Sc1ccc(S)[pH]1. The van der Waals surface area contributed by atoms with Crippen LogP contribution in [0.15, 0.2) is 21.4 Å². The van der Waals surface area contributed by atoms with Gasteiger partial charge < -0.3 is 0 Å². The van der Waals surface area contributed by atoms with Crippen LogP contribution < -0.4 is 0 Å². The van der Waals surface area contributed by atoms with Crippen LogP contribution in [0.5, 0.6) is 0 Å². The highest BCUT2D eigenvalue weighted by atomic mass is 32.1. The first-order valence-electron chi connectivity index (χ1n) is 1.86. The molecule has 3 heteroatoms. The third-order valence-corrected chi connectivity index (χ3v) is 2.47. The molecule has 0 unspecified atom stereocenters. The Morgan fingerprint density at radius 3 is 1.71 bits per heavy atom. The molecule has 0 aliphatic heterocycles. The average molecular weight is 148 g/mol. The van der Waals surface area contributed by atoms with Crippen LogP contribution >= 0.6 is 33.5 Å². The van der Waals surface area contributed by atoms with E-state index < -0.39 is 0 Å². The zero-order chi connectivity index (χ0) is 5.28. The van der Waals surface area contributed by atoms with Crippen molar-refractivity contribution in [3.63, 3.8) is 0 Å². The van der Waals surface area contributed by atoms with E-state index in [2.05, 4.69) is 25.3 Å². The smallest absolute Gasteiger partial charge is 0.0215 e. The van der Waals surface area contributed by atoms with Crippen LogP contribution in [-0.2, 0) is 0 Å². The minimum Gasteiger partial charge on any atom is -0.139 e. The fourth-order valence-corrected chi connectivity index (χ4v) is 2.10. The van der Waals surface area contributed by atoms with Crippen LogP contribution in [0, 0.1) is 0 Å². The molecule has 0 aliphatic carbocycles. The first kappa shape index (κ1) is 5.61. The van der Waals surface area contributed by atoms with Crippen molar-refractivity contribution in [1.29, 1.82) is 0 Å². The Morgan fingerprint density at radius 1 is 1.14 bits per heavy atom. The second-order valence-electron chi connectivity index (χ2n) is 1.23. The van der Waals surface area contributed by atoms with Gasteiger partial charge in [0.05, 0.1) is 0 Å². The minimum absolute atomic E-state index is 0.707. The van der Waals surface area contributed by atoms with Crippen molar-refractivity contribution in [1.82, 2.24) is 0 Å². The van der Waals surface area contributed by atoms with Crippen molar-refractivity contribution >= 4 is 33.5 Å². The number of rotatable bonds is 0. The third-order valence-electron chi connectivity index (χ3n) is 0.655. The van der Waals surface area contributed by atoms with Gasteiger partial charge >= 0.3 is 0 Å². The van der Waals surface area contributed by atoms with E-state index in [4.69, 9.17) is 0 Å². The molecule has 0 spiro atoms. The minimum atomic E-state index is 0.707. The monoisotopic (exact) mass is 148 g/mol. The molecule has 0 fully saturated rings. The van der Waals surface area contributed by atoms with E-state index in [-0.39, 0.29) is 0 Å².